The molecule has 0 spiro atoms. The van der Waals surface area contributed by atoms with Gasteiger partial charge in [-0.25, -0.2) is 13.2 Å². The highest BCUT2D eigenvalue weighted by atomic mass is 32.2. The van der Waals surface area contributed by atoms with E-state index in [4.69, 9.17) is 4.42 Å². The van der Waals surface area contributed by atoms with Gasteiger partial charge in [0.15, 0.2) is 0 Å². The standard InChI is InChI=1S/C14H15NO5S/c16-9-11-2-1-7-15(11)21(18,19)12-4-5-13-10(8-12)3-6-14(17)20-13/h3-6,8,11,16H,1-2,7,9H2. The zero-order chi connectivity index (χ0) is 15.0. The Kier molecular flexibility index (Phi) is 3.56. The lowest BCUT2D eigenvalue weighted by molar-refractivity contribution is 0.213. The summed E-state index contributed by atoms with van der Waals surface area (Å²) in [4.78, 5) is 11.3. The van der Waals surface area contributed by atoms with Gasteiger partial charge >= 0.3 is 5.63 Å². The smallest absolute Gasteiger partial charge is 0.336 e. The predicted octanol–water partition coefficient (Wildman–Crippen LogP) is 0.938. The van der Waals surface area contributed by atoms with Crippen LogP contribution in [-0.2, 0) is 10.0 Å². The zero-order valence-electron chi connectivity index (χ0n) is 11.2. The fraction of sp³-hybridized carbons (Fsp3) is 0.357. The topological polar surface area (TPSA) is 87.8 Å². The number of hydrogen-bond donors (Lipinski definition) is 1. The van der Waals surface area contributed by atoms with Crippen molar-refractivity contribution in [1.82, 2.24) is 4.31 Å². The molecule has 1 fully saturated rings. The summed E-state index contributed by atoms with van der Waals surface area (Å²) in [7, 11) is -3.65. The van der Waals surface area contributed by atoms with Crippen molar-refractivity contribution in [2.75, 3.05) is 13.2 Å². The van der Waals surface area contributed by atoms with Crippen LogP contribution in [0, 0.1) is 0 Å². The summed E-state index contributed by atoms with van der Waals surface area (Å²) in [6.45, 7) is 0.233. The van der Waals surface area contributed by atoms with Gasteiger partial charge < -0.3 is 9.52 Å². The van der Waals surface area contributed by atoms with Gasteiger partial charge in [-0.2, -0.15) is 4.31 Å². The van der Waals surface area contributed by atoms with Crippen LogP contribution in [0.25, 0.3) is 11.0 Å². The molecule has 2 aromatic rings. The van der Waals surface area contributed by atoms with E-state index < -0.39 is 15.6 Å². The summed E-state index contributed by atoms with van der Waals surface area (Å²) in [6, 6.07) is 6.82. The molecule has 0 saturated carbocycles. The van der Waals surface area contributed by atoms with Gasteiger partial charge in [0.1, 0.15) is 5.58 Å². The third-order valence-electron chi connectivity index (χ3n) is 3.73. The molecule has 112 valence electrons. The highest BCUT2D eigenvalue weighted by Crippen LogP contribution is 2.27. The number of benzene rings is 1. The Balaban J connectivity index is 2.06. The largest absolute Gasteiger partial charge is 0.423 e. The first-order valence-corrected chi connectivity index (χ1v) is 8.13. The van der Waals surface area contributed by atoms with E-state index in [2.05, 4.69) is 0 Å². The van der Waals surface area contributed by atoms with Crippen molar-refractivity contribution < 1.29 is 17.9 Å². The van der Waals surface area contributed by atoms with E-state index in [0.29, 0.717) is 23.9 Å². The fourth-order valence-electron chi connectivity index (χ4n) is 2.65. The van der Waals surface area contributed by atoms with Crippen molar-refractivity contribution in [3.05, 3.63) is 40.8 Å². The molecule has 1 aromatic heterocycles. The second kappa shape index (κ2) is 5.25. The minimum absolute atomic E-state index is 0.143. The Hall–Kier alpha value is -1.70. The number of sulfonamides is 1. The maximum atomic E-state index is 12.6. The molecule has 6 nitrogen and oxygen atoms in total. The zero-order valence-corrected chi connectivity index (χ0v) is 12.0. The Bertz CT molecular complexity index is 827. The molecule has 1 unspecified atom stereocenters. The van der Waals surface area contributed by atoms with Crippen LogP contribution in [0.5, 0.6) is 0 Å². The third kappa shape index (κ3) is 2.48. The summed E-state index contributed by atoms with van der Waals surface area (Å²) in [5.41, 5.74) is -0.125. The Morgan fingerprint density at radius 3 is 2.86 bits per heavy atom. The minimum Gasteiger partial charge on any atom is -0.423 e. The van der Waals surface area contributed by atoms with Gasteiger partial charge in [0, 0.05) is 24.0 Å². The molecule has 1 aliphatic heterocycles. The van der Waals surface area contributed by atoms with Gasteiger partial charge in [-0.3, -0.25) is 0 Å². The molecule has 0 bridgehead atoms. The number of aliphatic hydroxyl groups excluding tert-OH is 1. The van der Waals surface area contributed by atoms with E-state index in [1.165, 1.54) is 34.6 Å². The molecule has 7 heteroatoms. The van der Waals surface area contributed by atoms with Crippen LogP contribution >= 0.6 is 0 Å². The first-order chi connectivity index (χ1) is 10.0. The monoisotopic (exact) mass is 309 g/mol. The molecule has 1 aliphatic rings. The molecule has 3 rings (SSSR count). The van der Waals surface area contributed by atoms with Gasteiger partial charge in [-0.05, 0) is 37.1 Å². The quantitative estimate of drug-likeness (QED) is 0.853. The lowest BCUT2D eigenvalue weighted by Gasteiger charge is -2.22. The molecule has 0 aliphatic carbocycles. The summed E-state index contributed by atoms with van der Waals surface area (Å²) < 4.78 is 31.6. The number of fused-ring (bicyclic) bond motifs is 1. The average Bonchev–Trinajstić information content (AvgIpc) is 2.95. The van der Waals surface area contributed by atoms with Crippen molar-refractivity contribution in [2.45, 2.75) is 23.8 Å². The normalized spacial score (nSPS) is 20.1. The minimum atomic E-state index is -3.65. The SMILES string of the molecule is O=c1ccc2cc(S(=O)(=O)N3CCCC3CO)ccc2o1. The van der Waals surface area contributed by atoms with E-state index in [1.807, 2.05) is 0 Å². The van der Waals surface area contributed by atoms with Crippen LogP contribution in [0.4, 0.5) is 0 Å². The second-order valence-corrected chi connectivity index (χ2v) is 6.94. The van der Waals surface area contributed by atoms with E-state index in [9.17, 15) is 18.3 Å². The molecule has 1 atom stereocenters. The molecule has 2 heterocycles. The summed E-state index contributed by atoms with van der Waals surface area (Å²) in [6.07, 6.45) is 1.41. The molecule has 0 amide bonds. The van der Waals surface area contributed by atoms with Crippen molar-refractivity contribution in [2.24, 2.45) is 0 Å². The fourth-order valence-corrected chi connectivity index (χ4v) is 4.37. The summed E-state index contributed by atoms with van der Waals surface area (Å²) >= 11 is 0. The van der Waals surface area contributed by atoms with Crippen molar-refractivity contribution in [1.29, 1.82) is 0 Å². The van der Waals surface area contributed by atoms with E-state index in [-0.39, 0.29) is 17.5 Å². The first kappa shape index (κ1) is 14.2. The van der Waals surface area contributed by atoms with Crippen LogP contribution in [0.15, 0.2) is 44.4 Å². The van der Waals surface area contributed by atoms with Gasteiger partial charge in [-0.1, -0.05) is 0 Å². The van der Waals surface area contributed by atoms with Crippen molar-refractivity contribution in [3.63, 3.8) is 0 Å². The Morgan fingerprint density at radius 1 is 1.29 bits per heavy atom. The Morgan fingerprint density at radius 2 is 2.10 bits per heavy atom. The predicted molar refractivity (Wildman–Crippen MR) is 76.5 cm³/mol. The Labute approximate surface area is 121 Å². The summed E-state index contributed by atoms with van der Waals surface area (Å²) in [5, 5.41) is 9.84. The molecule has 21 heavy (non-hydrogen) atoms. The third-order valence-corrected chi connectivity index (χ3v) is 5.68. The molecular formula is C14H15NO5S. The van der Waals surface area contributed by atoms with Gasteiger partial charge in [0.05, 0.1) is 11.5 Å². The lowest BCUT2D eigenvalue weighted by Crippen LogP contribution is -2.37. The molecule has 0 radical (unpaired) electrons. The average molecular weight is 309 g/mol. The van der Waals surface area contributed by atoms with E-state index >= 15 is 0 Å². The van der Waals surface area contributed by atoms with Crippen LogP contribution in [0.2, 0.25) is 0 Å². The van der Waals surface area contributed by atoms with Gasteiger partial charge in [-0.15, -0.1) is 0 Å². The van der Waals surface area contributed by atoms with E-state index in [0.717, 1.165) is 6.42 Å². The lowest BCUT2D eigenvalue weighted by atomic mass is 10.2. The van der Waals surface area contributed by atoms with Crippen molar-refractivity contribution in [3.8, 4) is 0 Å². The van der Waals surface area contributed by atoms with Gasteiger partial charge in [0.2, 0.25) is 10.0 Å². The number of rotatable bonds is 3. The molecule has 1 aromatic carbocycles. The molecule has 1 N–H and O–H groups in total. The molecular weight excluding hydrogens is 294 g/mol. The molecule has 1 saturated heterocycles. The maximum absolute atomic E-state index is 12.6. The van der Waals surface area contributed by atoms with Gasteiger partial charge in [0.25, 0.3) is 0 Å². The first-order valence-electron chi connectivity index (χ1n) is 6.69. The summed E-state index contributed by atoms with van der Waals surface area (Å²) in [5.74, 6) is 0. The number of hydrogen-bond acceptors (Lipinski definition) is 5. The maximum Gasteiger partial charge on any atom is 0.336 e. The van der Waals surface area contributed by atoms with Crippen LogP contribution in [0.1, 0.15) is 12.8 Å². The van der Waals surface area contributed by atoms with Crippen LogP contribution < -0.4 is 5.63 Å². The van der Waals surface area contributed by atoms with E-state index in [1.54, 1.807) is 0 Å². The number of aliphatic hydroxyl groups is 1. The van der Waals surface area contributed by atoms with Crippen molar-refractivity contribution >= 4 is 21.0 Å². The highest BCUT2D eigenvalue weighted by molar-refractivity contribution is 7.89. The number of nitrogens with zero attached hydrogens (tertiary/aromatic N) is 1. The highest BCUT2D eigenvalue weighted by Gasteiger charge is 2.34. The van der Waals surface area contributed by atoms with Crippen LogP contribution in [0.3, 0.4) is 0 Å². The van der Waals surface area contributed by atoms with Crippen LogP contribution in [-0.4, -0.2) is 37.0 Å². The second-order valence-electron chi connectivity index (χ2n) is 5.05.